The van der Waals surface area contributed by atoms with E-state index in [9.17, 15) is 19.0 Å². The summed E-state index contributed by atoms with van der Waals surface area (Å²) in [5, 5.41) is 9.17. The third-order valence-electron chi connectivity index (χ3n) is 8.13. The third kappa shape index (κ3) is 39.1. The van der Waals surface area contributed by atoms with Crippen molar-refractivity contribution < 1.29 is 42.7 Å². The monoisotopic (exact) mass is 780 g/mol. The van der Waals surface area contributed by atoms with Crippen LogP contribution < -0.4 is 5.73 Å². The van der Waals surface area contributed by atoms with Crippen molar-refractivity contribution in [1.82, 2.24) is 0 Å². The Morgan fingerprint density at radius 1 is 0.630 bits per heavy atom. The number of ether oxygens (including phenoxy) is 2. The third-order valence-corrected chi connectivity index (χ3v) is 9.12. The summed E-state index contributed by atoms with van der Waals surface area (Å²) < 4.78 is 32.6. The van der Waals surface area contributed by atoms with Crippen LogP contribution in [0, 0.1) is 0 Å². The maximum atomic E-state index is 12.5. The summed E-state index contributed by atoms with van der Waals surface area (Å²) in [7, 11) is -4.40. The number of esters is 2. The number of hydrogen-bond donors (Lipinski definition) is 3. The summed E-state index contributed by atoms with van der Waals surface area (Å²) in [6.07, 6.45) is 43.7. The number of hydrogen-bond acceptors (Lipinski definition) is 9. The number of carbonyl (C=O) groups excluding carboxylic acids is 2. The lowest BCUT2D eigenvalue weighted by atomic mass is 10.0. The fraction of sp³-hybridized carbons (Fsp3) is 0.674. The van der Waals surface area contributed by atoms with E-state index in [-0.39, 0.29) is 32.6 Å². The summed E-state index contributed by atoms with van der Waals surface area (Å²) >= 11 is 0. The Labute approximate surface area is 327 Å². The van der Waals surface area contributed by atoms with Gasteiger partial charge in [0.25, 0.3) is 0 Å². The fourth-order valence-corrected chi connectivity index (χ4v) is 5.91. The largest absolute Gasteiger partial charge is 0.472 e. The summed E-state index contributed by atoms with van der Waals surface area (Å²) in [6, 6.07) is 0. The topological polar surface area (TPSA) is 155 Å². The van der Waals surface area contributed by atoms with Crippen LogP contribution in [-0.2, 0) is 32.7 Å². The zero-order valence-corrected chi connectivity index (χ0v) is 34.4. The van der Waals surface area contributed by atoms with Gasteiger partial charge in [0.2, 0.25) is 0 Å². The fourth-order valence-electron chi connectivity index (χ4n) is 5.14. The lowest BCUT2D eigenvalue weighted by Crippen LogP contribution is -2.29. The first-order valence-electron chi connectivity index (χ1n) is 20.5. The van der Waals surface area contributed by atoms with Crippen LogP contribution >= 0.6 is 7.82 Å². The van der Waals surface area contributed by atoms with Gasteiger partial charge in [0.15, 0.2) is 6.10 Å². The number of carbonyl (C=O) groups is 2. The van der Waals surface area contributed by atoms with E-state index in [1.54, 1.807) is 13.0 Å². The maximum absolute atomic E-state index is 12.5. The van der Waals surface area contributed by atoms with Crippen LogP contribution in [-0.4, -0.2) is 60.5 Å². The van der Waals surface area contributed by atoms with Crippen molar-refractivity contribution in [3.63, 3.8) is 0 Å². The molecule has 0 fully saturated rings. The highest BCUT2D eigenvalue weighted by atomic mass is 31.2. The number of allylic oxidation sites excluding steroid dienone is 11. The minimum Gasteiger partial charge on any atom is -0.462 e. The van der Waals surface area contributed by atoms with E-state index < -0.39 is 38.6 Å². The molecule has 0 radical (unpaired) electrons. The molecular weight excluding hydrogens is 705 g/mol. The zero-order chi connectivity index (χ0) is 39.8. The predicted molar refractivity (Wildman–Crippen MR) is 221 cm³/mol. The Bertz CT molecular complexity index is 1130. The molecule has 0 rings (SSSR count). The van der Waals surface area contributed by atoms with Crippen LogP contribution in [0.4, 0.5) is 0 Å². The average Bonchev–Trinajstić information content (AvgIpc) is 3.14. The second-order valence-corrected chi connectivity index (χ2v) is 14.9. The number of aliphatic hydroxyl groups is 1. The van der Waals surface area contributed by atoms with E-state index >= 15 is 0 Å². The summed E-state index contributed by atoms with van der Waals surface area (Å²) in [5.74, 6) is -0.945. The van der Waals surface area contributed by atoms with Crippen molar-refractivity contribution in [1.29, 1.82) is 0 Å². The first kappa shape index (κ1) is 51.4. The average molecular weight is 780 g/mol. The number of unbranched alkanes of at least 4 members (excludes halogenated alkanes) is 12. The maximum Gasteiger partial charge on any atom is 0.472 e. The Morgan fingerprint density at radius 3 is 1.57 bits per heavy atom. The zero-order valence-electron chi connectivity index (χ0n) is 33.5. The number of phosphoric acid groups is 1. The Hall–Kier alpha value is -2.59. The molecule has 0 aromatic heterocycles. The van der Waals surface area contributed by atoms with Gasteiger partial charge < -0.3 is 25.2 Å². The molecule has 0 aromatic carbocycles. The molecule has 11 heteroatoms. The second kappa shape index (κ2) is 38.7. The SMILES string of the molecule is CCCCCCCCCCCCCCCC(=O)OCC(COP(=O)(O)OCCN)OC(=O)CC/C=C/C/C=C/C/C=C/C/C=C/C/C=C/C/C=C\C(C)O. The first-order valence-corrected chi connectivity index (χ1v) is 22.0. The van der Waals surface area contributed by atoms with Crippen molar-refractivity contribution in [2.45, 2.75) is 161 Å². The molecule has 310 valence electrons. The van der Waals surface area contributed by atoms with Crippen molar-refractivity contribution in [2.24, 2.45) is 5.73 Å². The molecule has 10 nitrogen and oxygen atoms in total. The molecule has 0 spiro atoms. The molecule has 0 saturated heterocycles. The van der Waals surface area contributed by atoms with Crippen LogP contribution in [0.15, 0.2) is 72.9 Å². The highest BCUT2D eigenvalue weighted by Gasteiger charge is 2.25. The molecule has 0 bridgehead atoms. The van der Waals surface area contributed by atoms with Crippen molar-refractivity contribution >= 4 is 19.8 Å². The van der Waals surface area contributed by atoms with Gasteiger partial charge in [-0.1, -0.05) is 157 Å². The molecule has 3 atom stereocenters. The highest BCUT2D eigenvalue weighted by molar-refractivity contribution is 7.47. The van der Waals surface area contributed by atoms with Crippen molar-refractivity contribution in [3.05, 3.63) is 72.9 Å². The molecule has 0 aromatic rings. The second-order valence-electron chi connectivity index (χ2n) is 13.4. The molecule has 54 heavy (non-hydrogen) atoms. The smallest absolute Gasteiger partial charge is 0.462 e. The molecular formula is C43H74NO9P. The van der Waals surface area contributed by atoms with E-state index in [4.69, 9.17) is 29.4 Å². The molecule has 0 heterocycles. The van der Waals surface area contributed by atoms with Crippen LogP contribution in [0.3, 0.4) is 0 Å². The van der Waals surface area contributed by atoms with E-state index in [0.717, 1.165) is 51.4 Å². The first-order chi connectivity index (χ1) is 26.2. The van der Waals surface area contributed by atoms with Crippen LogP contribution in [0.5, 0.6) is 0 Å². The van der Waals surface area contributed by atoms with Crippen LogP contribution in [0.2, 0.25) is 0 Å². The predicted octanol–water partition coefficient (Wildman–Crippen LogP) is 10.5. The molecule has 0 aliphatic rings. The lowest BCUT2D eigenvalue weighted by Gasteiger charge is -2.19. The number of phosphoric ester groups is 1. The van der Waals surface area contributed by atoms with Crippen molar-refractivity contribution in [3.8, 4) is 0 Å². The molecule has 0 saturated carbocycles. The number of aliphatic hydroxyl groups excluding tert-OH is 1. The molecule has 3 unspecified atom stereocenters. The number of nitrogens with two attached hydrogens (primary N) is 1. The van der Waals surface area contributed by atoms with Gasteiger partial charge in [0, 0.05) is 19.4 Å². The van der Waals surface area contributed by atoms with Gasteiger partial charge in [0.1, 0.15) is 6.61 Å². The standard InChI is InChI=1S/C43H74NO9P/c1-3-4-5-6-7-8-9-15-19-22-25-28-31-34-42(46)50-38-41(39-52-54(48,49)51-37-36-44)53-43(47)35-32-29-26-23-20-17-14-12-10-11-13-16-18-21-24-27-30-33-40(2)45/h10,12-13,16-17,20-21,24,26,29-30,33,40-41,45H,3-9,11,14-15,18-19,22-23,25,27-28,31-32,34-39,44H2,1-2H3,(H,48,49)/b12-10+,16-13+,20-17+,24-21+,29-26+,33-30-. The molecule has 0 amide bonds. The molecule has 4 N–H and O–H groups in total. The summed E-state index contributed by atoms with van der Waals surface area (Å²) in [5.41, 5.74) is 5.33. The normalized spacial score (nSPS) is 14.7. The summed E-state index contributed by atoms with van der Waals surface area (Å²) in [4.78, 5) is 34.7. The van der Waals surface area contributed by atoms with Crippen molar-refractivity contribution in [2.75, 3.05) is 26.4 Å². The lowest BCUT2D eigenvalue weighted by molar-refractivity contribution is -0.161. The van der Waals surface area contributed by atoms with E-state index in [1.807, 2.05) is 18.2 Å². The summed E-state index contributed by atoms with van der Waals surface area (Å²) in [6.45, 7) is 3.08. The van der Waals surface area contributed by atoms with Crippen LogP contribution in [0.25, 0.3) is 0 Å². The van der Waals surface area contributed by atoms with Gasteiger partial charge in [-0.25, -0.2) is 4.57 Å². The minimum absolute atomic E-state index is 0.0346. The Kier molecular flexibility index (Phi) is 36.8. The van der Waals surface area contributed by atoms with E-state index in [2.05, 4.69) is 55.5 Å². The molecule has 0 aliphatic heterocycles. The molecule has 0 aliphatic carbocycles. The Balaban J connectivity index is 4.33. The van der Waals surface area contributed by atoms with Gasteiger partial charge in [0.05, 0.1) is 19.3 Å². The van der Waals surface area contributed by atoms with E-state index in [1.165, 1.54) is 64.2 Å². The van der Waals surface area contributed by atoms with Gasteiger partial charge >= 0.3 is 19.8 Å². The van der Waals surface area contributed by atoms with Crippen LogP contribution in [0.1, 0.15) is 149 Å². The quantitative estimate of drug-likeness (QED) is 0.0240. The highest BCUT2D eigenvalue weighted by Crippen LogP contribution is 2.43. The van der Waals surface area contributed by atoms with Gasteiger partial charge in [-0.3, -0.25) is 18.6 Å². The van der Waals surface area contributed by atoms with E-state index in [0.29, 0.717) is 6.42 Å². The Morgan fingerprint density at radius 2 is 1.09 bits per heavy atom. The van der Waals surface area contributed by atoms with Gasteiger partial charge in [-0.2, -0.15) is 0 Å². The van der Waals surface area contributed by atoms with Gasteiger partial charge in [-0.15, -0.1) is 0 Å². The van der Waals surface area contributed by atoms with Gasteiger partial charge in [-0.05, 0) is 51.9 Å². The number of rotatable bonds is 37. The minimum atomic E-state index is -4.40.